The van der Waals surface area contributed by atoms with Gasteiger partial charge in [-0.15, -0.1) is 0 Å². The summed E-state index contributed by atoms with van der Waals surface area (Å²) in [5.41, 5.74) is 0.466. The summed E-state index contributed by atoms with van der Waals surface area (Å²) in [5.74, 6) is -0.520. The van der Waals surface area contributed by atoms with Gasteiger partial charge in [0.2, 0.25) is 5.13 Å². The lowest BCUT2D eigenvalue weighted by Gasteiger charge is -2.10. The van der Waals surface area contributed by atoms with E-state index in [4.69, 9.17) is 9.57 Å². The topological polar surface area (TPSA) is 120 Å². The van der Waals surface area contributed by atoms with Crippen LogP contribution < -0.4 is 5.32 Å². The van der Waals surface area contributed by atoms with Gasteiger partial charge in [0.05, 0.1) is 23.4 Å². The van der Waals surface area contributed by atoms with Crippen molar-refractivity contribution in [3.8, 4) is 0 Å². The van der Waals surface area contributed by atoms with E-state index in [1.165, 1.54) is 18.5 Å². The average Bonchev–Trinajstić information content (AvgIpc) is 3.20. The van der Waals surface area contributed by atoms with E-state index in [9.17, 15) is 13.2 Å². The molecule has 2 aromatic rings. The van der Waals surface area contributed by atoms with Gasteiger partial charge >= 0.3 is 0 Å². The molecule has 0 bridgehead atoms. The molecule has 148 valence electrons. The van der Waals surface area contributed by atoms with Crippen LogP contribution in [-0.4, -0.2) is 54.0 Å². The van der Waals surface area contributed by atoms with Crippen molar-refractivity contribution in [2.24, 2.45) is 5.16 Å². The van der Waals surface area contributed by atoms with Crippen molar-refractivity contribution >= 4 is 38.1 Å². The number of carbonyl (C=O) groups is 1. The molecule has 1 saturated heterocycles. The molecule has 1 aromatic heterocycles. The zero-order chi connectivity index (χ0) is 19.6. The van der Waals surface area contributed by atoms with Crippen LogP contribution in [0.4, 0.5) is 5.13 Å². The Bertz CT molecular complexity index is 963. The van der Waals surface area contributed by atoms with Gasteiger partial charge in [-0.2, -0.15) is 4.37 Å². The molecule has 4 rings (SSSR count). The van der Waals surface area contributed by atoms with Crippen LogP contribution in [-0.2, 0) is 24.2 Å². The smallest absolute Gasteiger partial charge is 0.280 e. The summed E-state index contributed by atoms with van der Waals surface area (Å²) in [5, 5.41) is 6.68. The summed E-state index contributed by atoms with van der Waals surface area (Å²) >= 11 is 1.04. The summed E-state index contributed by atoms with van der Waals surface area (Å²) in [6.07, 6.45) is 3.18. The van der Waals surface area contributed by atoms with Gasteiger partial charge in [0.1, 0.15) is 6.33 Å². The second-order valence-electron chi connectivity index (χ2n) is 6.50. The van der Waals surface area contributed by atoms with E-state index in [0.29, 0.717) is 43.2 Å². The number of rotatable bonds is 7. The van der Waals surface area contributed by atoms with Crippen LogP contribution in [0, 0.1) is 0 Å². The Morgan fingerprint density at radius 1 is 1.25 bits per heavy atom. The zero-order valence-corrected chi connectivity index (χ0v) is 16.4. The van der Waals surface area contributed by atoms with Crippen molar-refractivity contribution in [2.45, 2.75) is 35.5 Å². The van der Waals surface area contributed by atoms with Crippen molar-refractivity contribution in [3.05, 3.63) is 36.2 Å². The number of nitrogens with one attached hydrogen (secondary N) is 1. The second-order valence-corrected chi connectivity index (χ2v) is 9.51. The molecule has 1 unspecified atom stereocenters. The summed E-state index contributed by atoms with van der Waals surface area (Å²) < 4.78 is 33.8. The summed E-state index contributed by atoms with van der Waals surface area (Å²) in [7, 11) is -3.30. The molecule has 11 heteroatoms. The number of hydrogen-bond donors (Lipinski definition) is 1. The normalized spacial score (nSPS) is 20.1. The van der Waals surface area contributed by atoms with Crippen molar-refractivity contribution in [1.29, 1.82) is 0 Å². The highest BCUT2D eigenvalue weighted by Crippen LogP contribution is 2.33. The molecule has 0 radical (unpaired) electrons. The molecule has 28 heavy (non-hydrogen) atoms. The number of carbonyl (C=O) groups excluding carboxylic acids is 1. The Kier molecular flexibility index (Phi) is 5.38. The van der Waals surface area contributed by atoms with Crippen LogP contribution >= 0.6 is 11.5 Å². The van der Waals surface area contributed by atoms with E-state index in [0.717, 1.165) is 11.5 Å². The fraction of sp³-hybridized carbons (Fsp3) is 0.412. The quantitative estimate of drug-likeness (QED) is 0.532. The van der Waals surface area contributed by atoms with Gasteiger partial charge in [-0.05, 0) is 25.0 Å². The summed E-state index contributed by atoms with van der Waals surface area (Å²) in [6.45, 7) is 0.994. The van der Waals surface area contributed by atoms with E-state index in [-0.39, 0.29) is 22.0 Å². The van der Waals surface area contributed by atoms with Crippen LogP contribution in [0.15, 0.2) is 40.6 Å². The molecule has 9 nitrogen and oxygen atoms in total. The zero-order valence-electron chi connectivity index (χ0n) is 14.8. The molecule has 1 aliphatic heterocycles. The molecule has 1 N–H and O–H groups in total. The van der Waals surface area contributed by atoms with E-state index in [2.05, 4.69) is 19.8 Å². The molecule has 1 aromatic carbocycles. The van der Waals surface area contributed by atoms with Crippen LogP contribution in [0.3, 0.4) is 0 Å². The van der Waals surface area contributed by atoms with Crippen molar-refractivity contribution in [2.75, 3.05) is 18.5 Å². The van der Waals surface area contributed by atoms with E-state index >= 15 is 0 Å². The van der Waals surface area contributed by atoms with Crippen molar-refractivity contribution in [3.63, 3.8) is 0 Å². The van der Waals surface area contributed by atoms with E-state index in [1.54, 1.807) is 12.1 Å². The number of benzene rings is 1. The van der Waals surface area contributed by atoms with Gasteiger partial charge in [0.25, 0.3) is 5.91 Å². The molecule has 2 heterocycles. The first-order chi connectivity index (χ1) is 13.5. The first-order valence-corrected chi connectivity index (χ1v) is 11.1. The lowest BCUT2D eigenvalue weighted by atomic mass is 10.1. The monoisotopic (exact) mass is 422 g/mol. The van der Waals surface area contributed by atoms with Crippen LogP contribution in [0.25, 0.3) is 0 Å². The van der Waals surface area contributed by atoms with Gasteiger partial charge in [0.15, 0.2) is 21.7 Å². The van der Waals surface area contributed by atoms with E-state index < -0.39 is 15.7 Å². The fourth-order valence-corrected chi connectivity index (χ4v) is 4.79. The minimum absolute atomic E-state index is 0.0254. The number of oxime groups is 1. The summed E-state index contributed by atoms with van der Waals surface area (Å²) in [6, 6.07) is 6.11. The van der Waals surface area contributed by atoms with Crippen molar-refractivity contribution < 1.29 is 22.8 Å². The minimum Gasteiger partial charge on any atom is -0.389 e. The summed E-state index contributed by atoms with van der Waals surface area (Å²) in [4.78, 5) is 22.3. The maximum absolute atomic E-state index is 12.7. The van der Waals surface area contributed by atoms with Gasteiger partial charge in [0, 0.05) is 23.5 Å². The first-order valence-electron chi connectivity index (χ1n) is 8.78. The number of anilines is 1. The second kappa shape index (κ2) is 7.94. The highest BCUT2D eigenvalue weighted by Gasteiger charge is 2.36. The molecule has 0 spiro atoms. The number of hydrogen-bond acceptors (Lipinski definition) is 9. The Hall–Kier alpha value is -2.37. The van der Waals surface area contributed by atoms with Crippen LogP contribution in [0.2, 0.25) is 0 Å². The highest BCUT2D eigenvalue weighted by molar-refractivity contribution is 7.92. The van der Waals surface area contributed by atoms with Crippen LogP contribution in [0.1, 0.15) is 24.8 Å². The van der Waals surface area contributed by atoms with E-state index in [1.807, 2.05) is 0 Å². The molecular formula is C17H18N4O5S2. The lowest BCUT2D eigenvalue weighted by molar-refractivity contribution is -0.110. The number of aromatic nitrogens is 2. The average molecular weight is 422 g/mol. The predicted octanol–water partition coefficient (Wildman–Crippen LogP) is 1.62. The Morgan fingerprint density at radius 2 is 2.04 bits per heavy atom. The molecular weight excluding hydrogens is 404 g/mol. The number of nitrogens with zero attached hydrogens (tertiary/aromatic N) is 3. The SMILES string of the molecule is O=C(Nc1ncns1)C(=NOC1CCOC1)c1ccc(S(=O)(=O)C2CC2)cc1. The molecule has 1 amide bonds. The van der Waals surface area contributed by atoms with Crippen molar-refractivity contribution in [1.82, 2.24) is 9.36 Å². The molecule has 1 saturated carbocycles. The third kappa shape index (κ3) is 4.21. The molecule has 1 atom stereocenters. The van der Waals surface area contributed by atoms with Crippen LogP contribution in [0.5, 0.6) is 0 Å². The van der Waals surface area contributed by atoms with Gasteiger partial charge in [-0.25, -0.2) is 13.4 Å². The number of sulfone groups is 1. The first kappa shape index (κ1) is 19.0. The maximum atomic E-state index is 12.7. The Morgan fingerprint density at radius 3 is 2.64 bits per heavy atom. The van der Waals surface area contributed by atoms with Gasteiger partial charge in [-0.1, -0.05) is 17.3 Å². The lowest BCUT2D eigenvalue weighted by Crippen LogP contribution is -2.25. The predicted molar refractivity (Wildman–Crippen MR) is 102 cm³/mol. The number of ether oxygens (including phenoxy) is 1. The maximum Gasteiger partial charge on any atom is 0.280 e. The Labute approximate surface area is 165 Å². The molecule has 2 aliphatic rings. The minimum atomic E-state index is -3.30. The van der Waals surface area contributed by atoms with Gasteiger partial charge < -0.3 is 9.57 Å². The van der Waals surface area contributed by atoms with Gasteiger partial charge in [-0.3, -0.25) is 10.1 Å². The third-order valence-corrected chi connectivity index (χ3v) is 7.26. The largest absolute Gasteiger partial charge is 0.389 e. The standard InChI is InChI=1S/C17H18N4O5S2/c22-16(20-17-18-10-19-27-17)15(21-26-12-7-8-25-9-12)11-1-3-13(4-2-11)28(23,24)14-5-6-14/h1-4,10,12,14H,5-9H2,(H,18,19,20,22). The fourth-order valence-electron chi connectivity index (χ4n) is 2.71. The Balaban J connectivity index is 1.58. The highest BCUT2D eigenvalue weighted by atomic mass is 32.2. The molecule has 1 aliphatic carbocycles. The third-order valence-electron chi connectivity index (χ3n) is 4.40. The molecule has 2 fully saturated rings. The number of amides is 1.